The van der Waals surface area contributed by atoms with Gasteiger partial charge in [-0.15, -0.1) is 0 Å². The van der Waals surface area contributed by atoms with Crippen LogP contribution in [-0.4, -0.2) is 12.5 Å². The van der Waals surface area contributed by atoms with Crippen LogP contribution in [0.3, 0.4) is 0 Å². The summed E-state index contributed by atoms with van der Waals surface area (Å²) in [5.74, 6) is -3.88. The second kappa shape index (κ2) is 2.67. The van der Waals surface area contributed by atoms with Crippen LogP contribution >= 0.6 is 0 Å². The van der Waals surface area contributed by atoms with Gasteiger partial charge in [0.2, 0.25) is 0 Å². The van der Waals surface area contributed by atoms with Gasteiger partial charge in [-0.1, -0.05) is 6.07 Å². The molecule has 3 nitrogen and oxygen atoms in total. The SMILES string of the molecule is NC(=O)c1cccc2c1OCC2(F)F. The number of hydrogen-bond donors (Lipinski definition) is 1. The minimum absolute atomic E-state index is 0.000301. The molecule has 0 saturated heterocycles. The number of benzene rings is 1. The lowest BCUT2D eigenvalue weighted by Crippen LogP contribution is -2.14. The molecule has 0 radical (unpaired) electrons. The van der Waals surface area contributed by atoms with Gasteiger partial charge < -0.3 is 10.5 Å². The van der Waals surface area contributed by atoms with Gasteiger partial charge in [0.25, 0.3) is 5.91 Å². The highest BCUT2D eigenvalue weighted by Gasteiger charge is 2.42. The first-order valence-electron chi connectivity index (χ1n) is 3.96. The third-order valence-corrected chi connectivity index (χ3v) is 2.07. The van der Waals surface area contributed by atoms with Gasteiger partial charge in [-0.25, -0.2) is 0 Å². The number of rotatable bonds is 1. The molecule has 1 aromatic carbocycles. The minimum Gasteiger partial charge on any atom is -0.486 e. The molecule has 0 bridgehead atoms. The van der Waals surface area contributed by atoms with Crippen molar-refractivity contribution in [2.75, 3.05) is 6.61 Å². The van der Waals surface area contributed by atoms with Crippen LogP contribution in [0, 0.1) is 0 Å². The Balaban J connectivity index is 2.61. The van der Waals surface area contributed by atoms with Crippen molar-refractivity contribution in [3.63, 3.8) is 0 Å². The first-order chi connectivity index (χ1) is 6.52. The van der Waals surface area contributed by atoms with E-state index in [1.54, 1.807) is 0 Å². The summed E-state index contributed by atoms with van der Waals surface area (Å²) in [6.45, 7) is -0.730. The monoisotopic (exact) mass is 199 g/mol. The molecule has 0 aliphatic carbocycles. The molecule has 1 amide bonds. The van der Waals surface area contributed by atoms with Crippen LogP contribution in [0.5, 0.6) is 5.75 Å². The van der Waals surface area contributed by atoms with Crippen molar-refractivity contribution >= 4 is 5.91 Å². The summed E-state index contributed by atoms with van der Waals surface area (Å²) in [4.78, 5) is 10.9. The minimum atomic E-state index is -3.03. The van der Waals surface area contributed by atoms with Crippen molar-refractivity contribution < 1.29 is 18.3 Å². The van der Waals surface area contributed by atoms with E-state index in [1.165, 1.54) is 18.2 Å². The molecule has 0 atom stereocenters. The topological polar surface area (TPSA) is 52.3 Å². The lowest BCUT2D eigenvalue weighted by Gasteiger charge is -2.05. The maximum absolute atomic E-state index is 13.1. The highest BCUT2D eigenvalue weighted by atomic mass is 19.3. The lowest BCUT2D eigenvalue weighted by atomic mass is 10.1. The third kappa shape index (κ3) is 1.13. The number of primary amides is 1. The molecule has 0 saturated carbocycles. The molecule has 0 fully saturated rings. The maximum atomic E-state index is 13.1. The number of fused-ring (bicyclic) bond motifs is 1. The molecule has 14 heavy (non-hydrogen) atoms. The number of carbonyl (C=O) groups excluding carboxylic acids is 1. The van der Waals surface area contributed by atoms with Crippen LogP contribution in [-0.2, 0) is 5.92 Å². The van der Waals surface area contributed by atoms with Crippen molar-refractivity contribution in [2.24, 2.45) is 5.73 Å². The van der Waals surface area contributed by atoms with E-state index in [1.807, 2.05) is 0 Å². The number of amides is 1. The first-order valence-corrected chi connectivity index (χ1v) is 3.96. The van der Waals surface area contributed by atoms with E-state index in [2.05, 4.69) is 0 Å². The Morgan fingerprint density at radius 3 is 2.86 bits per heavy atom. The molecular formula is C9H7F2NO2. The van der Waals surface area contributed by atoms with Crippen molar-refractivity contribution in [3.8, 4) is 5.75 Å². The Morgan fingerprint density at radius 2 is 2.21 bits per heavy atom. The molecule has 1 aliphatic rings. The van der Waals surface area contributed by atoms with Crippen LogP contribution in [0.1, 0.15) is 15.9 Å². The van der Waals surface area contributed by atoms with Crippen LogP contribution in [0.4, 0.5) is 8.78 Å². The van der Waals surface area contributed by atoms with Gasteiger partial charge in [-0.3, -0.25) is 4.79 Å². The van der Waals surface area contributed by atoms with Crippen LogP contribution in [0.2, 0.25) is 0 Å². The van der Waals surface area contributed by atoms with Crippen molar-refractivity contribution in [1.82, 2.24) is 0 Å². The van der Waals surface area contributed by atoms with Crippen LogP contribution < -0.4 is 10.5 Å². The zero-order valence-corrected chi connectivity index (χ0v) is 7.09. The van der Waals surface area contributed by atoms with Gasteiger partial charge in [-0.2, -0.15) is 8.78 Å². The van der Waals surface area contributed by atoms with Gasteiger partial charge in [0.1, 0.15) is 5.75 Å². The summed E-state index contributed by atoms with van der Waals surface area (Å²) in [6, 6.07) is 3.96. The number of carbonyl (C=O) groups is 1. The predicted octanol–water partition coefficient (Wildman–Crippen LogP) is 1.27. The Bertz CT molecular complexity index is 404. The average molecular weight is 199 g/mol. The lowest BCUT2D eigenvalue weighted by molar-refractivity contribution is -0.0214. The highest BCUT2D eigenvalue weighted by molar-refractivity contribution is 5.96. The number of nitrogens with two attached hydrogens (primary N) is 1. The molecule has 1 aliphatic heterocycles. The second-order valence-electron chi connectivity index (χ2n) is 3.04. The molecule has 0 spiro atoms. The van der Waals surface area contributed by atoms with E-state index < -0.39 is 18.4 Å². The van der Waals surface area contributed by atoms with Gasteiger partial charge in [0.05, 0.1) is 11.1 Å². The molecule has 5 heteroatoms. The van der Waals surface area contributed by atoms with Crippen molar-refractivity contribution in [2.45, 2.75) is 5.92 Å². The van der Waals surface area contributed by atoms with E-state index >= 15 is 0 Å². The van der Waals surface area contributed by atoms with Gasteiger partial charge >= 0.3 is 5.92 Å². The maximum Gasteiger partial charge on any atom is 0.310 e. The average Bonchev–Trinajstić information content (AvgIpc) is 2.42. The van der Waals surface area contributed by atoms with E-state index in [4.69, 9.17) is 10.5 Å². The van der Waals surface area contributed by atoms with Crippen LogP contribution in [0.25, 0.3) is 0 Å². The number of alkyl halides is 2. The number of ether oxygens (including phenoxy) is 1. The summed E-state index contributed by atoms with van der Waals surface area (Å²) in [5.41, 5.74) is 4.74. The van der Waals surface area contributed by atoms with E-state index in [0.29, 0.717) is 0 Å². The largest absolute Gasteiger partial charge is 0.486 e. The molecule has 1 heterocycles. The molecule has 0 unspecified atom stereocenters. The highest BCUT2D eigenvalue weighted by Crippen LogP contribution is 2.42. The summed E-state index contributed by atoms with van der Waals surface area (Å²) in [7, 11) is 0. The van der Waals surface area contributed by atoms with Crippen molar-refractivity contribution in [3.05, 3.63) is 29.3 Å². The Labute approximate surface area is 78.5 Å². The van der Waals surface area contributed by atoms with Gasteiger partial charge in [0.15, 0.2) is 6.61 Å². The van der Waals surface area contributed by atoms with Gasteiger partial charge in [0, 0.05) is 0 Å². The van der Waals surface area contributed by atoms with Crippen molar-refractivity contribution in [1.29, 1.82) is 0 Å². The molecular weight excluding hydrogens is 192 g/mol. The molecule has 2 rings (SSSR count). The number of hydrogen-bond acceptors (Lipinski definition) is 2. The zero-order valence-electron chi connectivity index (χ0n) is 7.09. The van der Waals surface area contributed by atoms with E-state index in [0.717, 1.165) is 0 Å². The normalized spacial score (nSPS) is 17.3. The fourth-order valence-electron chi connectivity index (χ4n) is 1.42. The summed E-state index contributed by atoms with van der Waals surface area (Å²) in [6.07, 6.45) is 0. The fraction of sp³-hybridized carbons (Fsp3) is 0.222. The molecule has 0 aromatic heterocycles. The smallest absolute Gasteiger partial charge is 0.310 e. The van der Waals surface area contributed by atoms with E-state index in [9.17, 15) is 13.6 Å². The standard InChI is InChI=1S/C9H7F2NO2/c10-9(11)4-14-7-5(8(12)13)2-1-3-6(7)9/h1-3H,4H2,(H2,12,13). The predicted molar refractivity (Wildman–Crippen MR) is 44.3 cm³/mol. The molecule has 1 aromatic rings. The molecule has 74 valence electrons. The summed E-state index contributed by atoms with van der Waals surface area (Å²) in [5, 5.41) is 0. The number of halogens is 2. The fourth-order valence-corrected chi connectivity index (χ4v) is 1.42. The van der Waals surface area contributed by atoms with Gasteiger partial charge in [-0.05, 0) is 12.1 Å². The van der Waals surface area contributed by atoms with Crippen LogP contribution in [0.15, 0.2) is 18.2 Å². The summed E-state index contributed by atoms with van der Waals surface area (Å²) < 4.78 is 31.0. The Kier molecular flexibility index (Phi) is 1.70. The first kappa shape index (κ1) is 8.93. The van der Waals surface area contributed by atoms with E-state index in [-0.39, 0.29) is 16.9 Å². The number of para-hydroxylation sites is 1. The quantitative estimate of drug-likeness (QED) is 0.740. The zero-order chi connectivity index (χ0) is 10.3. The Morgan fingerprint density at radius 1 is 1.50 bits per heavy atom. The molecule has 2 N–H and O–H groups in total. The second-order valence-corrected chi connectivity index (χ2v) is 3.04. The Hall–Kier alpha value is -1.65. The third-order valence-electron chi connectivity index (χ3n) is 2.07. The summed E-state index contributed by atoms with van der Waals surface area (Å²) >= 11 is 0.